The van der Waals surface area contributed by atoms with Crippen LogP contribution in [-0.2, 0) is 30.1 Å². The molecule has 8 heteroatoms. The molecule has 0 atom stereocenters. The lowest BCUT2D eigenvalue weighted by molar-refractivity contribution is -0.122. The van der Waals surface area contributed by atoms with Gasteiger partial charge in [0.15, 0.2) is 5.65 Å². The van der Waals surface area contributed by atoms with Gasteiger partial charge in [-0.05, 0) is 36.6 Å². The van der Waals surface area contributed by atoms with Crippen molar-refractivity contribution in [3.8, 4) is 0 Å². The van der Waals surface area contributed by atoms with E-state index in [1.807, 2.05) is 24.3 Å². The van der Waals surface area contributed by atoms with Crippen LogP contribution in [0.1, 0.15) is 24.8 Å². The van der Waals surface area contributed by atoms with Crippen molar-refractivity contribution in [2.45, 2.75) is 25.7 Å². The quantitative estimate of drug-likeness (QED) is 0.734. The number of hydrogen-bond acceptors (Lipinski definition) is 4. The van der Waals surface area contributed by atoms with E-state index < -0.39 is 0 Å². The molecule has 3 heterocycles. The predicted octanol–water partition coefficient (Wildman–Crippen LogP) is 1.97. The van der Waals surface area contributed by atoms with Gasteiger partial charge in [0.2, 0.25) is 11.8 Å². The molecule has 8 nitrogen and oxygen atoms in total. The summed E-state index contributed by atoms with van der Waals surface area (Å²) in [7, 11) is 3.31. The molecule has 0 spiro atoms. The SMILES string of the molecule is Cn1c(=O)n(C)c2nc(NC(=O)CCC(=O)N3CCCc4ccccc43)ccc21. The highest BCUT2D eigenvalue weighted by Gasteiger charge is 2.22. The van der Waals surface area contributed by atoms with Crippen LogP contribution in [0.25, 0.3) is 11.2 Å². The fourth-order valence-electron chi connectivity index (χ4n) is 3.79. The van der Waals surface area contributed by atoms with Crippen LogP contribution >= 0.6 is 0 Å². The summed E-state index contributed by atoms with van der Waals surface area (Å²) in [5, 5.41) is 2.72. The minimum Gasteiger partial charge on any atom is -0.312 e. The van der Waals surface area contributed by atoms with Crippen molar-refractivity contribution in [1.29, 1.82) is 0 Å². The maximum Gasteiger partial charge on any atom is 0.329 e. The van der Waals surface area contributed by atoms with E-state index in [1.165, 1.54) is 14.7 Å². The van der Waals surface area contributed by atoms with E-state index in [0.29, 0.717) is 23.5 Å². The molecule has 1 aliphatic rings. The van der Waals surface area contributed by atoms with Gasteiger partial charge in [0, 0.05) is 39.2 Å². The maximum absolute atomic E-state index is 12.7. The van der Waals surface area contributed by atoms with Gasteiger partial charge in [0.05, 0.1) is 5.52 Å². The van der Waals surface area contributed by atoms with Crippen molar-refractivity contribution in [2.24, 2.45) is 14.1 Å². The fraction of sp³-hybridized carbons (Fsp3) is 0.333. The number of nitrogens with zero attached hydrogens (tertiary/aromatic N) is 4. The van der Waals surface area contributed by atoms with E-state index in [4.69, 9.17) is 0 Å². The first-order chi connectivity index (χ1) is 14.0. The number of anilines is 2. The zero-order valence-corrected chi connectivity index (χ0v) is 16.5. The number of amides is 2. The van der Waals surface area contributed by atoms with Gasteiger partial charge in [0.25, 0.3) is 0 Å². The van der Waals surface area contributed by atoms with E-state index in [-0.39, 0.29) is 30.3 Å². The molecule has 4 rings (SSSR count). The summed E-state index contributed by atoms with van der Waals surface area (Å²) in [4.78, 5) is 43.1. The van der Waals surface area contributed by atoms with E-state index in [9.17, 15) is 14.4 Å². The number of aryl methyl sites for hydroxylation is 3. The van der Waals surface area contributed by atoms with Crippen molar-refractivity contribution in [3.63, 3.8) is 0 Å². The monoisotopic (exact) mass is 393 g/mol. The van der Waals surface area contributed by atoms with Gasteiger partial charge in [-0.25, -0.2) is 9.78 Å². The van der Waals surface area contributed by atoms with Crippen LogP contribution in [0.5, 0.6) is 0 Å². The fourth-order valence-corrected chi connectivity index (χ4v) is 3.79. The largest absolute Gasteiger partial charge is 0.329 e. The van der Waals surface area contributed by atoms with E-state index in [1.54, 1.807) is 31.1 Å². The zero-order valence-electron chi connectivity index (χ0n) is 16.5. The predicted molar refractivity (Wildman–Crippen MR) is 111 cm³/mol. The first kappa shape index (κ1) is 18.9. The number of para-hydroxylation sites is 1. The van der Waals surface area contributed by atoms with E-state index in [0.717, 1.165) is 18.5 Å². The van der Waals surface area contributed by atoms with Crippen LogP contribution in [-0.4, -0.2) is 32.5 Å². The molecule has 0 saturated heterocycles. The Kier molecular flexibility index (Phi) is 4.92. The molecule has 2 amide bonds. The molecule has 3 aromatic rings. The average molecular weight is 393 g/mol. The number of benzene rings is 1. The van der Waals surface area contributed by atoms with Crippen molar-refractivity contribution in [2.75, 3.05) is 16.8 Å². The molecular weight excluding hydrogens is 370 g/mol. The Morgan fingerprint density at radius 3 is 2.69 bits per heavy atom. The number of pyridine rings is 1. The molecular formula is C21H23N5O3. The number of imidazole rings is 1. The van der Waals surface area contributed by atoms with Gasteiger partial charge in [-0.3, -0.25) is 18.7 Å². The van der Waals surface area contributed by atoms with Crippen LogP contribution in [0.15, 0.2) is 41.2 Å². The Bertz CT molecular complexity index is 1160. The molecule has 0 radical (unpaired) electrons. The highest BCUT2D eigenvalue weighted by Crippen LogP contribution is 2.27. The summed E-state index contributed by atoms with van der Waals surface area (Å²) in [5.74, 6) is 0.0251. The summed E-state index contributed by atoms with van der Waals surface area (Å²) >= 11 is 0. The zero-order chi connectivity index (χ0) is 20.5. The third-order valence-corrected chi connectivity index (χ3v) is 5.35. The number of nitrogens with one attached hydrogen (secondary N) is 1. The van der Waals surface area contributed by atoms with Gasteiger partial charge >= 0.3 is 5.69 Å². The van der Waals surface area contributed by atoms with E-state index >= 15 is 0 Å². The second-order valence-electron chi connectivity index (χ2n) is 7.27. The summed E-state index contributed by atoms with van der Waals surface area (Å²) in [6.45, 7) is 0.678. The van der Waals surface area contributed by atoms with Gasteiger partial charge in [-0.1, -0.05) is 18.2 Å². The minimum absolute atomic E-state index is 0.0545. The Hall–Kier alpha value is -3.42. The second-order valence-corrected chi connectivity index (χ2v) is 7.27. The molecule has 0 unspecified atom stereocenters. The van der Waals surface area contributed by atoms with Crippen molar-refractivity contribution in [3.05, 3.63) is 52.4 Å². The molecule has 0 aliphatic carbocycles. The lowest BCUT2D eigenvalue weighted by atomic mass is 10.0. The van der Waals surface area contributed by atoms with Crippen molar-refractivity contribution >= 4 is 34.5 Å². The molecule has 0 fully saturated rings. The standard InChI is InChI=1S/C21H23N5O3/c1-24-16-9-10-17(23-20(16)25(2)21(24)29)22-18(27)11-12-19(28)26-13-5-7-14-6-3-4-8-15(14)26/h3-4,6,8-10H,5,7,11-13H2,1-2H3,(H,22,23,27). The first-order valence-electron chi connectivity index (χ1n) is 9.66. The third-order valence-electron chi connectivity index (χ3n) is 5.35. The van der Waals surface area contributed by atoms with Crippen LogP contribution in [0.4, 0.5) is 11.5 Å². The lowest BCUT2D eigenvalue weighted by Crippen LogP contribution is -2.35. The minimum atomic E-state index is -0.281. The number of aromatic nitrogens is 3. The number of rotatable bonds is 4. The smallest absolute Gasteiger partial charge is 0.312 e. The van der Waals surface area contributed by atoms with Crippen LogP contribution in [0.3, 0.4) is 0 Å². The van der Waals surface area contributed by atoms with Crippen molar-refractivity contribution < 1.29 is 9.59 Å². The Labute approximate surface area is 167 Å². The first-order valence-corrected chi connectivity index (χ1v) is 9.66. The van der Waals surface area contributed by atoms with Crippen LogP contribution < -0.4 is 15.9 Å². The number of fused-ring (bicyclic) bond motifs is 2. The lowest BCUT2D eigenvalue weighted by Gasteiger charge is -2.29. The molecule has 0 saturated carbocycles. The highest BCUT2D eigenvalue weighted by atomic mass is 16.2. The average Bonchev–Trinajstić information content (AvgIpc) is 2.95. The van der Waals surface area contributed by atoms with Crippen LogP contribution in [0.2, 0.25) is 0 Å². The normalized spacial score (nSPS) is 13.4. The van der Waals surface area contributed by atoms with Gasteiger partial charge in [0.1, 0.15) is 5.82 Å². The summed E-state index contributed by atoms with van der Waals surface area (Å²) < 4.78 is 2.94. The highest BCUT2D eigenvalue weighted by molar-refractivity contribution is 5.98. The summed E-state index contributed by atoms with van der Waals surface area (Å²) in [6, 6.07) is 11.3. The Morgan fingerprint density at radius 1 is 1.07 bits per heavy atom. The van der Waals surface area contributed by atoms with Crippen LogP contribution in [0, 0.1) is 0 Å². The Balaban J connectivity index is 1.41. The maximum atomic E-state index is 12.7. The van der Waals surface area contributed by atoms with Gasteiger partial charge in [-0.15, -0.1) is 0 Å². The van der Waals surface area contributed by atoms with Gasteiger partial charge in [-0.2, -0.15) is 0 Å². The van der Waals surface area contributed by atoms with E-state index in [2.05, 4.69) is 10.3 Å². The third kappa shape index (κ3) is 3.53. The number of carbonyl (C=O) groups is 2. The van der Waals surface area contributed by atoms with Crippen molar-refractivity contribution in [1.82, 2.24) is 14.1 Å². The topological polar surface area (TPSA) is 89.2 Å². The number of carbonyl (C=O) groups excluding carboxylic acids is 2. The molecule has 1 N–H and O–H groups in total. The summed E-state index contributed by atoms with van der Waals surface area (Å²) in [5.41, 5.74) is 3.12. The molecule has 0 bridgehead atoms. The van der Waals surface area contributed by atoms with Gasteiger partial charge < -0.3 is 10.2 Å². The Morgan fingerprint density at radius 2 is 1.86 bits per heavy atom. The molecule has 1 aromatic carbocycles. The molecule has 1 aliphatic heterocycles. The second kappa shape index (κ2) is 7.54. The number of hydrogen-bond donors (Lipinski definition) is 1. The summed E-state index contributed by atoms with van der Waals surface area (Å²) in [6.07, 6.45) is 2.10. The molecule has 150 valence electrons. The molecule has 29 heavy (non-hydrogen) atoms. The molecule has 2 aromatic heterocycles.